The molecule has 3 aromatic rings. The van der Waals surface area contributed by atoms with Crippen LogP contribution in [-0.4, -0.2) is 6.54 Å². The van der Waals surface area contributed by atoms with E-state index >= 15 is 0 Å². The van der Waals surface area contributed by atoms with Crippen LogP contribution in [-0.2, 0) is 6.42 Å². The molecule has 3 heteroatoms. The summed E-state index contributed by atoms with van der Waals surface area (Å²) in [5.41, 5.74) is 4.17. The molecule has 0 saturated heterocycles. The number of benzene rings is 1. The van der Waals surface area contributed by atoms with Crippen molar-refractivity contribution in [3.8, 4) is 0 Å². The van der Waals surface area contributed by atoms with Crippen molar-refractivity contribution >= 4 is 32.1 Å². The molecular formula is C18H21NS2. The van der Waals surface area contributed by atoms with Crippen LogP contribution in [0.5, 0.6) is 0 Å². The van der Waals surface area contributed by atoms with Crippen molar-refractivity contribution in [3.63, 3.8) is 0 Å². The zero-order valence-corrected chi connectivity index (χ0v) is 14.4. The van der Waals surface area contributed by atoms with Crippen LogP contribution in [0.1, 0.15) is 34.5 Å². The average Bonchev–Trinajstić information content (AvgIpc) is 3.03. The Bertz CT molecular complexity index is 710. The van der Waals surface area contributed by atoms with Crippen LogP contribution in [0, 0.1) is 13.8 Å². The summed E-state index contributed by atoms with van der Waals surface area (Å²) in [7, 11) is 0. The van der Waals surface area contributed by atoms with Gasteiger partial charge >= 0.3 is 0 Å². The molecule has 0 spiro atoms. The Morgan fingerprint density at radius 1 is 1.05 bits per heavy atom. The van der Waals surface area contributed by atoms with Crippen LogP contribution in [0.15, 0.2) is 35.7 Å². The minimum absolute atomic E-state index is 0.418. The number of hydrogen-bond donors (Lipinski definition) is 1. The van der Waals surface area contributed by atoms with Gasteiger partial charge in [0, 0.05) is 20.3 Å². The Morgan fingerprint density at radius 2 is 1.90 bits per heavy atom. The fraction of sp³-hybridized carbons (Fsp3) is 0.333. The Hall–Kier alpha value is -1.16. The highest BCUT2D eigenvalue weighted by Gasteiger charge is 2.15. The number of aryl methyl sites for hydroxylation is 2. The summed E-state index contributed by atoms with van der Waals surface area (Å²) >= 11 is 3.76. The normalized spacial score (nSPS) is 12.9. The third-order valence-corrected chi connectivity index (χ3v) is 6.17. The van der Waals surface area contributed by atoms with Crippen LogP contribution in [0.3, 0.4) is 0 Å². The summed E-state index contributed by atoms with van der Waals surface area (Å²) in [5, 5.41) is 5.82. The fourth-order valence-corrected chi connectivity index (χ4v) is 4.84. The third kappa shape index (κ3) is 3.20. The minimum atomic E-state index is 0.418. The third-order valence-electron chi connectivity index (χ3n) is 3.96. The maximum absolute atomic E-state index is 3.65. The van der Waals surface area contributed by atoms with E-state index in [4.69, 9.17) is 0 Å². The zero-order valence-electron chi connectivity index (χ0n) is 12.8. The Balaban J connectivity index is 1.86. The molecule has 1 aromatic carbocycles. The van der Waals surface area contributed by atoms with Crippen LogP contribution >= 0.6 is 22.7 Å². The molecule has 0 aliphatic heterocycles. The van der Waals surface area contributed by atoms with Gasteiger partial charge in [0.05, 0.1) is 0 Å². The summed E-state index contributed by atoms with van der Waals surface area (Å²) in [6, 6.07) is 11.8. The van der Waals surface area contributed by atoms with Gasteiger partial charge in [-0.15, -0.1) is 22.7 Å². The van der Waals surface area contributed by atoms with E-state index in [1.165, 1.54) is 31.0 Å². The quantitative estimate of drug-likeness (QED) is 0.658. The predicted molar refractivity (Wildman–Crippen MR) is 95.7 cm³/mol. The lowest BCUT2D eigenvalue weighted by Gasteiger charge is -2.17. The van der Waals surface area contributed by atoms with E-state index in [1.807, 2.05) is 22.7 Å². The SMILES string of the molecule is CCNC(Cc1ccc(C)c(C)c1)c1cc2sccc2s1. The van der Waals surface area contributed by atoms with E-state index < -0.39 is 0 Å². The lowest BCUT2D eigenvalue weighted by molar-refractivity contribution is 0.558. The molecule has 1 nitrogen and oxygen atoms in total. The van der Waals surface area contributed by atoms with E-state index in [2.05, 4.69) is 61.8 Å². The van der Waals surface area contributed by atoms with Gasteiger partial charge in [-0.05, 0) is 61.0 Å². The summed E-state index contributed by atoms with van der Waals surface area (Å²) in [6.45, 7) is 7.56. The van der Waals surface area contributed by atoms with E-state index in [0.717, 1.165) is 13.0 Å². The minimum Gasteiger partial charge on any atom is -0.309 e. The molecule has 0 amide bonds. The Kier molecular flexibility index (Phi) is 4.43. The van der Waals surface area contributed by atoms with Gasteiger partial charge in [0.25, 0.3) is 0 Å². The highest BCUT2D eigenvalue weighted by atomic mass is 32.1. The lowest BCUT2D eigenvalue weighted by atomic mass is 10.00. The van der Waals surface area contributed by atoms with E-state index in [0.29, 0.717) is 6.04 Å². The number of hydrogen-bond acceptors (Lipinski definition) is 3. The molecular weight excluding hydrogens is 294 g/mol. The Labute approximate surface area is 134 Å². The maximum Gasteiger partial charge on any atom is 0.0456 e. The molecule has 110 valence electrons. The second-order valence-corrected chi connectivity index (χ2v) is 7.59. The van der Waals surface area contributed by atoms with Crippen molar-refractivity contribution in [1.82, 2.24) is 5.32 Å². The van der Waals surface area contributed by atoms with Crippen molar-refractivity contribution < 1.29 is 0 Å². The first kappa shape index (κ1) is 14.8. The molecule has 1 atom stereocenters. The van der Waals surface area contributed by atoms with Gasteiger partial charge in [-0.25, -0.2) is 0 Å². The molecule has 2 aromatic heterocycles. The van der Waals surface area contributed by atoms with Gasteiger partial charge in [0.15, 0.2) is 0 Å². The van der Waals surface area contributed by atoms with E-state index in [-0.39, 0.29) is 0 Å². The monoisotopic (exact) mass is 315 g/mol. The van der Waals surface area contributed by atoms with Gasteiger partial charge in [-0.2, -0.15) is 0 Å². The topological polar surface area (TPSA) is 12.0 Å². The molecule has 0 bridgehead atoms. The second-order valence-electron chi connectivity index (χ2n) is 5.53. The highest BCUT2D eigenvalue weighted by molar-refractivity contribution is 7.26. The molecule has 0 saturated carbocycles. The molecule has 0 fully saturated rings. The molecule has 0 aliphatic rings. The lowest BCUT2D eigenvalue weighted by Crippen LogP contribution is -2.22. The van der Waals surface area contributed by atoms with Crippen LogP contribution in [0.4, 0.5) is 0 Å². The number of fused-ring (bicyclic) bond motifs is 1. The predicted octanol–water partition coefficient (Wildman–Crippen LogP) is 5.47. The molecule has 3 rings (SSSR count). The first-order chi connectivity index (χ1) is 10.2. The summed E-state index contributed by atoms with van der Waals surface area (Å²) in [6.07, 6.45) is 1.06. The van der Waals surface area contributed by atoms with Crippen molar-refractivity contribution in [2.24, 2.45) is 0 Å². The number of rotatable bonds is 5. The van der Waals surface area contributed by atoms with Crippen molar-refractivity contribution in [1.29, 1.82) is 0 Å². The maximum atomic E-state index is 3.65. The largest absolute Gasteiger partial charge is 0.309 e. The zero-order chi connectivity index (χ0) is 14.8. The van der Waals surface area contributed by atoms with Gasteiger partial charge in [0.1, 0.15) is 0 Å². The standard InChI is InChI=1S/C18H21NS2/c1-4-19-15(10-14-6-5-12(2)13(3)9-14)17-11-18-16(21-17)7-8-20-18/h5-9,11,15,19H,4,10H2,1-3H3. The van der Waals surface area contributed by atoms with Crippen molar-refractivity contribution in [3.05, 3.63) is 57.3 Å². The van der Waals surface area contributed by atoms with Gasteiger partial charge in [-0.3, -0.25) is 0 Å². The fourth-order valence-electron chi connectivity index (χ4n) is 2.64. The van der Waals surface area contributed by atoms with Gasteiger partial charge in [-0.1, -0.05) is 25.1 Å². The average molecular weight is 316 g/mol. The van der Waals surface area contributed by atoms with Crippen LogP contribution in [0.25, 0.3) is 9.40 Å². The molecule has 1 unspecified atom stereocenters. The smallest absolute Gasteiger partial charge is 0.0456 e. The molecule has 0 radical (unpaired) electrons. The summed E-state index contributed by atoms with van der Waals surface area (Å²) < 4.78 is 2.83. The summed E-state index contributed by atoms with van der Waals surface area (Å²) in [5.74, 6) is 0. The van der Waals surface area contributed by atoms with Crippen LogP contribution < -0.4 is 5.32 Å². The number of likely N-dealkylation sites (N-methyl/N-ethyl adjacent to an activating group) is 1. The Morgan fingerprint density at radius 3 is 2.62 bits per heavy atom. The molecule has 1 N–H and O–H groups in total. The van der Waals surface area contributed by atoms with Crippen molar-refractivity contribution in [2.75, 3.05) is 6.54 Å². The van der Waals surface area contributed by atoms with Crippen LogP contribution in [0.2, 0.25) is 0 Å². The van der Waals surface area contributed by atoms with E-state index in [9.17, 15) is 0 Å². The van der Waals surface area contributed by atoms with E-state index in [1.54, 1.807) is 0 Å². The molecule has 0 aliphatic carbocycles. The number of thiophene rings is 2. The first-order valence-corrected chi connectivity index (χ1v) is 9.13. The number of nitrogens with one attached hydrogen (secondary N) is 1. The van der Waals surface area contributed by atoms with Crippen molar-refractivity contribution in [2.45, 2.75) is 33.2 Å². The molecule has 21 heavy (non-hydrogen) atoms. The summed E-state index contributed by atoms with van der Waals surface area (Å²) in [4.78, 5) is 1.46. The highest BCUT2D eigenvalue weighted by Crippen LogP contribution is 2.34. The first-order valence-electron chi connectivity index (χ1n) is 7.44. The van der Waals surface area contributed by atoms with Gasteiger partial charge < -0.3 is 5.32 Å². The van der Waals surface area contributed by atoms with Gasteiger partial charge in [0.2, 0.25) is 0 Å². The second kappa shape index (κ2) is 6.30. The molecule has 2 heterocycles.